The molecule has 0 fully saturated rings. The first-order chi connectivity index (χ1) is 13.6. The number of nitrogens with one attached hydrogen (secondary N) is 2. The van der Waals surface area contributed by atoms with Gasteiger partial charge in [-0.25, -0.2) is 15.2 Å². The van der Waals surface area contributed by atoms with Gasteiger partial charge in [-0.1, -0.05) is 19.9 Å². The molecule has 8 heteroatoms. The van der Waals surface area contributed by atoms with Crippen molar-refractivity contribution >= 4 is 29.1 Å². The maximum atomic E-state index is 12.4. The van der Waals surface area contributed by atoms with Crippen molar-refractivity contribution in [3.63, 3.8) is 0 Å². The second kappa shape index (κ2) is 9.36. The van der Waals surface area contributed by atoms with Crippen LogP contribution in [-0.4, -0.2) is 42.0 Å². The quantitative estimate of drug-likeness (QED) is 0.572. The summed E-state index contributed by atoms with van der Waals surface area (Å²) in [5, 5.41) is 7.48. The van der Waals surface area contributed by atoms with Crippen LogP contribution in [0.4, 0.5) is 4.79 Å². The Labute approximate surface area is 170 Å². The molecule has 0 aliphatic carbocycles. The monoisotopic (exact) mass is 400 g/mol. The zero-order chi connectivity index (χ0) is 21.6. The molecule has 0 unspecified atom stereocenters. The molecule has 1 aromatic heterocycles. The Balaban J connectivity index is 2.02. The molecule has 0 saturated heterocycles. The van der Waals surface area contributed by atoms with Gasteiger partial charge in [-0.15, -0.1) is 0 Å². The number of amides is 2. The van der Waals surface area contributed by atoms with E-state index in [0.29, 0.717) is 5.69 Å². The van der Waals surface area contributed by atoms with Gasteiger partial charge in [0.25, 0.3) is 5.91 Å². The molecule has 0 aliphatic rings. The smallest absolute Gasteiger partial charge is 0.408 e. The average molecular weight is 400 g/mol. The first kappa shape index (κ1) is 22.1. The predicted molar refractivity (Wildman–Crippen MR) is 112 cm³/mol. The maximum absolute atomic E-state index is 12.4. The lowest BCUT2D eigenvalue weighted by molar-refractivity contribution is -0.124. The highest BCUT2D eigenvalue weighted by Crippen LogP contribution is 2.19. The van der Waals surface area contributed by atoms with E-state index in [9.17, 15) is 9.59 Å². The van der Waals surface area contributed by atoms with E-state index in [1.54, 1.807) is 33.9 Å². The summed E-state index contributed by atoms with van der Waals surface area (Å²) in [5.41, 5.74) is 3.17. The van der Waals surface area contributed by atoms with Crippen molar-refractivity contribution in [2.24, 2.45) is 11.0 Å². The molecule has 29 heavy (non-hydrogen) atoms. The van der Waals surface area contributed by atoms with E-state index in [1.807, 2.05) is 38.1 Å². The van der Waals surface area contributed by atoms with Gasteiger partial charge in [0, 0.05) is 5.39 Å². The average Bonchev–Trinajstić information content (AvgIpc) is 2.63. The van der Waals surface area contributed by atoms with E-state index in [4.69, 9.17) is 9.47 Å². The number of ether oxygens (including phenoxy) is 2. The number of rotatable bonds is 6. The van der Waals surface area contributed by atoms with Gasteiger partial charge in [0.1, 0.15) is 17.4 Å². The minimum atomic E-state index is -0.779. The van der Waals surface area contributed by atoms with E-state index in [1.165, 1.54) is 6.21 Å². The van der Waals surface area contributed by atoms with Crippen molar-refractivity contribution in [1.82, 2.24) is 15.7 Å². The van der Waals surface area contributed by atoms with E-state index in [-0.39, 0.29) is 5.92 Å². The SMILES string of the molecule is COc1ccc2nc(/C=N\NC(=O)[C@@H](NC(=O)OC(C)(C)C)C(C)C)ccc2c1. The summed E-state index contributed by atoms with van der Waals surface area (Å²) in [6.45, 7) is 8.92. The Morgan fingerprint density at radius 1 is 1.17 bits per heavy atom. The lowest BCUT2D eigenvalue weighted by Crippen LogP contribution is -2.49. The van der Waals surface area contributed by atoms with Crippen LogP contribution in [0.3, 0.4) is 0 Å². The molecule has 156 valence electrons. The molecular formula is C21H28N4O4. The minimum absolute atomic E-state index is 0.147. The van der Waals surface area contributed by atoms with Crippen molar-refractivity contribution in [3.05, 3.63) is 36.0 Å². The normalized spacial score (nSPS) is 12.8. The number of fused-ring (bicyclic) bond motifs is 1. The number of alkyl carbamates (subject to hydrolysis) is 1. The maximum Gasteiger partial charge on any atom is 0.408 e. The van der Waals surface area contributed by atoms with E-state index in [2.05, 4.69) is 20.8 Å². The highest BCUT2D eigenvalue weighted by molar-refractivity contribution is 5.88. The number of aromatic nitrogens is 1. The number of methoxy groups -OCH3 is 1. The largest absolute Gasteiger partial charge is 0.497 e. The Morgan fingerprint density at radius 3 is 2.52 bits per heavy atom. The van der Waals surface area contributed by atoms with Crippen LogP contribution >= 0.6 is 0 Å². The second-order valence-corrected chi connectivity index (χ2v) is 7.90. The first-order valence-electron chi connectivity index (χ1n) is 9.36. The van der Waals surface area contributed by atoms with Gasteiger partial charge in [-0.2, -0.15) is 5.10 Å². The molecule has 8 nitrogen and oxygen atoms in total. The summed E-state index contributed by atoms with van der Waals surface area (Å²) in [6, 6.07) is 8.47. The molecule has 2 aromatic rings. The second-order valence-electron chi connectivity index (χ2n) is 7.90. The van der Waals surface area contributed by atoms with Crippen LogP contribution in [-0.2, 0) is 9.53 Å². The van der Waals surface area contributed by atoms with Crippen molar-refractivity contribution in [1.29, 1.82) is 0 Å². The van der Waals surface area contributed by atoms with Gasteiger partial charge < -0.3 is 14.8 Å². The zero-order valence-corrected chi connectivity index (χ0v) is 17.6. The zero-order valence-electron chi connectivity index (χ0n) is 17.6. The highest BCUT2D eigenvalue weighted by atomic mass is 16.6. The molecule has 0 aliphatic heterocycles. The Morgan fingerprint density at radius 2 is 1.90 bits per heavy atom. The Bertz CT molecular complexity index is 903. The number of nitrogens with zero attached hydrogens (tertiary/aromatic N) is 2. The fraction of sp³-hybridized carbons (Fsp3) is 0.429. The van der Waals surface area contributed by atoms with Crippen LogP contribution in [0.1, 0.15) is 40.3 Å². The van der Waals surface area contributed by atoms with E-state index in [0.717, 1.165) is 16.7 Å². The van der Waals surface area contributed by atoms with Gasteiger partial charge in [0.05, 0.1) is 24.5 Å². The third-order valence-corrected chi connectivity index (χ3v) is 3.91. The lowest BCUT2D eigenvalue weighted by atomic mass is 10.0. The number of hydrogen-bond acceptors (Lipinski definition) is 6. The number of carbonyl (C=O) groups excluding carboxylic acids is 2. The molecule has 2 N–H and O–H groups in total. The van der Waals surface area contributed by atoms with Gasteiger partial charge >= 0.3 is 6.09 Å². The first-order valence-corrected chi connectivity index (χ1v) is 9.36. The summed E-state index contributed by atoms with van der Waals surface area (Å²) in [6.07, 6.45) is 0.800. The van der Waals surface area contributed by atoms with Gasteiger partial charge in [-0.05, 0) is 51.0 Å². The summed E-state index contributed by atoms with van der Waals surface area (Å²) in [5.74, 6) is 0.171. The minimum Gasteiger partial charge on any atom is -0.497 e. The molecule has 1 heterocycles. The predicted octanol–water partition coefficient (Wildman–Crippen LogP) is 3.24. The van der Waals surface area contributed by atoms with Crippen molar-refractivity contribution in [3.8, 4) is 5.75 Å². The lowest BCUT2D eigenvalue weighted by Gasteiger charge is -2.24. The molecular weight excluding hydrogens is 372 g/mol. The van der Waals surface area contributed by atoms with Crippen LogP contribution in [0.2, 0.25) is 0 Å². The number of benzene rings is 1. The molecule has 2 rings (SSSR count). The highest BCUT2D eigenvalue weighted by Gasteiger charge is 2.26. The number of hydrogen-bond donors (Lipinski definition) is 2. The van der Waals surface area contributed by atoms with Gasteiger partial charge in [0.2, 0.25) is 0 Å². The molecule has 0 saturated carbocycles. The summed E-state index contributed by atoms with van der Waals surface area (Å²) < 4.78 is 10.4. The van der Waals surface area contributed by atoms with Crippen LogP contribution in [0.5, 0.6) is 5.75 Å². The van der Waals surface area contributed by atoms with Crippen molar-refractivity contribution in [2.45, 2.75) is 46.3 Å². The van der Waals surface area contributed by atoms with Crippen LogP contribution in [0.25, 0.3) is 10.9 Å². The van der Waals surface area contributed by atoms with Crippen molar-refractivity contribution in [2.75, 3.05) is 7.11 Å². The van der Waals surface area contributed by atoms with Crippen LogP contribution < -0.4 is 15.5 Å². The molecule has 1 aromatic carbocycles. The van der Waals surface area contributed by atoms with Gasteiger partial charge in [-0.3, -0.25) is 4.79 Å². The van der Waals surface area contributed by atoms with Crippen LogP contribution in [0.15, 0.2) is 35.4 Å². The van der Waals surface area contributed by atoms with E-state index >= 15 is 0 Å². The fourth-order valence-electron chi connectivity index (χ4n) is 2.52. The third kappa shape index (κ3) is 6.74. The molecule has 2 amide bonds. The summed E-state index contributed by atoms with van der Waals surface area (Å²) >= 11 is 0. The van der Waals surface area contributed by atoms with E-state index < -0.39 is 23.6 Å². The Kier molecular flexibility index (Phi) is 7.14. The molecule has 0 spiro atoms. The topological polar surface area (TPSA) is 102 Å². The van der Waals surface area contributed by atoms with Crippen molar-refractivity contribution < 1.29 is 19.1 Å². The standard InChI is InChI=1S/C21H28N4O4/c1-13(2)18(24-20(27)29-21(3,4)5)19(26)25-22-12-15-8-7-14-11-16(28-6)9-10-17(14)23-15/h7-13,18H,1-6H3,(H,24,27)(H,25,26)/b22-12-/t18-/m0/s1. The van der Waals surface area contributed by atoms with Crippen LogP contribution in [0, 0.1) is 5.92 Å². The summed E-state index contributed by atoms with van der Waals surface area (Å²) in [4.78, 5) is 28.9. The number of carbonyl (C=O) groups is 2. The fourth-order valence-corrected chi connectivity index (χ4v) is 2.52. The summed E-state index contributed by atoms with van der Waals surface area (Å²) in [7, 11) is 1.61. The Hall–Kier alpha value is -3.16. The number of pyridine rings is 1. The van der Waals surface area contributed by atoms with Gasteiger partial charge in [0.15, 0.2) is 0 Å². The molecule has 0 bridgehead atoms. The third-order valence-electron chi connectivity index (χ3n) is 3.91. The molecule has 0 radical (unpaired) electrons. The number of hydrazone groups is 1. The molecule has 1 atom stereocenters.